The van der Waals surface area contributed by atoms with Gasteiger partial charge in [0.05, 0.1) is 12.6 Å². The maximum absolute atomic E-state index is 12.5. The van der Waals surface area contributed by atoms with Crippen molar-refractivity contribution < 1.29 is 40.0 Å². The summed E-state index contributed by atoms with van der Waals surface area (Å²) < 4.78 is 76.3. The molecule has 1 aromatic heterocycles. The van der Waals surface area contributed by atoms with Crippen LogP contribution in [0.2, 0.25) is 0 Å². The zero-order valence-electron chi connectivity index (χ0n) is 16.1. The molecule has 13 heteroatoms. The summed E-state index contributed by atoms with van der Waals surface area (Å²) in [5.41, 5.74) is -6.74. The Morgan fingerprint density at radius 2 is 2.07 bits per heavy atom. The first kappa shape index (κ1) is 23.0. The third-order valence-corrected chi connectivity index (χ3v) is 5.31. The van der Waals surface area contributed by atoms with Crippen LogP contribution in [0.25, 0.3) is 0 Å². The normalized spacial score (nSPS) is 20.3. The molecule has 0 saturated heterocycles. The molecule has 0 aliphatic heterocycles. The number of hydrogen-bond acceptors (Lipinski definition) is 8. The van der Waals surface area contributed by atoms with E-state index in [2.05, 4.69) is 14.5 Å². The molecule has 164 valence electrons. The van der Waals surface area contributed by atoms with Gasteiger partial charge in [0.25, 0.3) is 0 Å². The molecule has 1 heterocycles. The third kappa shape index (κ3) is 5.19. The summed E-state index contributed by atoms with van der Waals surface area (Å²) in [6.07, 6.45) is 2.18. The predicted molar refractivity (Wildman–Crippen MR) is 93.0 cm³/mol. The number of nitrogens with zero attached hydrogens (tertiary/aromatic N) is 3. The van der Waals surface area contributed by atoms with Crippen LogP contribution >= 0.6 is 0 Å². The van der Waals surface area contributed by atoms with E-state index in [0.29, 0.717) is 5.88 Å². The van der Waals surface area contributed by atoms with E-state index in [-0.39, 0.29) is 44.3 Å². The van der Waals surface area contributed by atoms with Gasteiger partial charge in [0.2, 0.25) is 5.88 Å². The lowest BCUT2D eigenvalue weighted by atomic mass is 9.77. The zero-order valence-corrected chi connectivity index (χ0v) is 16.9. The highest BCUT2D eigenvalue weighted by molar-refractivity contribution is 7.87. The summed E-state index contributed by atoms with van der Waals surface area (Å²) in [5, 5.41) is 7.63. The molecule has 0 bridgehead atoms. The van der Waals surface area contributed by atoms with Gasteiger partial charge < -0.3 is 13.7 Å². The largest absolute Gasteiger partial charge is 0.534 e. The first-order valence-corrected chi connectivity index (χ1v) is 10.2. The number of carbonyl (C=O) groups excluding carboxylic acids is 1. The van der Waals surface area contributed by atoms with E-state index in [1.165, 1.54) is 10.9 Å². The SMILES string of the molecule is CCOC(=O)C1(COc2cnnn2C(C)C)CC=C(OS(=O)(=O)C(F)(F)F)CC1. The number of carbonyl (C=O) groups is 1. The molecule has 0 spiro atoms. The van der Waals surface area contributed by atoms with E-state index < -0.39 is 27.0 Å². The second-order valence-electron chi connectivity index (χ2n) is 6.76. The number of hydrogen-bond donors (Lipinski definition) is 0. The van der Waals surface area contributed by atoms with Gasteiger partial charge >= 0.3 is 21.6 Å². The van der Waals surface area contributed by atoms with Gasteiger partial charge in [-0.25, -0.2) is 4.68 Å². The summed E-state index contributed by atoms with van der Waals surface area (Å²) in [7, 11) is -5.76. The number of rotatable bonds is 8. The average Bonchev–Trinajstić information content (AvgIpc) is 3.09. The van der Waals surface area contributed by atoms with Crippen LogP contribution in [-0.2, 0) is 23.8 Å². The van der Waals surface area contributed by atoms with Crippen LogP contribution in [0.5, 0.6) is 5.88 Å². The minimum Gasteiger partial charge on any atom is -0.475 e. The first-order chi connectivity index (χ1) is 13.4. The molecule has 0 radical (unpaired) electrons. The van der Waals surface area contributed by atoms with E-state index in [9.17, 15) is 26.4 Å². The minimum absolute atomic E-state index is 0.0196. The van der Waals surface area contributed by atoms with Crippen molar-refractivity contribution in [2.24, 2.45) is 5.41 Å². The lowest BCUT2D eigenvalue weighted by Gasteiger charge is -2.33. The molecule has 1 aromatic rings. The molecule has 0 N–H and O–H groups in total. The molecule has 0 fully saturated rings. The minimum atomic E-state index is -5.76. The standard InChI is InChI=1S/C16H22F3N3O6S/c1-4-26-14(23)15(10-27-13-9-20-21-22(13)11(2)3)7-5-12(6-8-15)28-29(24,25)16(17,18)19/h5,9,11H,4,6-8,10H2,1-3H3. The number of alkyl halides is 3. The van der Waals surface area contributed by atoms with Gasteiger partial charge in [-0.05, 0) is 39.7 Å². The van der Waals surface area contributed by atoms with Crippen LogP contribution in [-0.4, -0.2) is 48.1 Å². The number of aromatic nitrogens is 3. The van der Waals surface area contributed by atoms with Crippen molar-refractivity contribution in [1.82, 2.24) is 15.0 Å². The Morgan fingerprint density at radius 3 is 2.59 bits per heavy atom. The molecular weight excluding hydrogens is 419 g/mol. The average molecular weight is 441 g/mol. The van der Waals surface area contributed by atoms with Crippen LogP contribution in [0.4, 0.5) is 13.2 Å². The van der Waals surface area contributed by atoms with Crippen molar-refractivity contribution in [3.63, 3.8) is 0 Å². The van der Waals surface area contributed by atoms with E-state index in [4.69, 9.17) is 9.47 Å². The summed E-state index contributed by atoms with van der Waals surface area (Å²) in [4.78, 5) is 12.5. The van der Waals surface area contributed by atoms with Crippen molar-refractivity contribution >= 4 is 16.1 Å². The molecule has 0 saturated carbocycles. The first-order valence-electron chi connectivity index (χ1n) is 8.82. The van der Waals surface area contributed by atoms with Crippen LogP contribution in [0.3, 0.4) is 0 Å². The Labute approximate surface area is 165 Å². The highest BCUT2D eigenvalue weighted by atomic mass is 32.2. The van der Waals surface area contributed by atoms with Crippen molar-refractivity contribution in [2.75, 3.05) is 13.2 Å². The molecule has 0 amide bonds. The molecular formula is C16H22F3N3O6S. The lowest BCUT2D eigenvalue weighted by Crippen LogP contribution is -2.40. The Kier molecular flexibility index (Phi) is 6.81. The van der Waals surface area contributed by atoms with Crippen molar-refractivity contribution in [2.45, 2.75) is 51.6 Å². The van der Waals surface area contributed by atoms with E-state index in [1.54, 1.807) is 6.92 Å². The Hall–Kier alpha value is -2.31. The van der Waals surface area contributed by atoms with Gasteiger partial charge in [0, 0.05) is 6.42 Å². The highest BCUT2D eigenvalue weighted by Gasteiger charge is 2.50. The van der Waals surface area contributed by atoms with Crippen LogP contribution in [0, 0.1) is 5.41 Å². The van der Waals surface area contributed by atoms with Gasteiger partial charge in [0.15, 0.2) is 0 Å². The molecule has 9 nitrogen and oxygen atoms in total. The Morgan fingerprint density at radius 1 is 1.38 bits per heavy atom. The highest BCUT2D eigenvalue weighted by Crippen LogP contribution is 2.39. The van der Waals surface area contributed by atoms with Gasteiger partial charge in [-0.2, -0.15) is 21.6 Å². The summed E-state index contributed by atoms with van der Waals surface area (Å²) >= 11 is 0. The summed E-state index contributed by atoms with van der Waals surface area (Å²) in [5.74, 6) is -0.664. The topological polar surface area (TPSA) is 110 Å². The van der Waals surface area contributed by atoms with Gasteiger partial charge in [-0.15, -0.1) is 5.10 Å². The fraction of sp³-hybridized carbons (Fsp3) is 0.688. The zero-order chi connectivity index (χ0) is 21.9. The summed E-state index contributed by atoms with van der Waals surface area (Å²) in [6, 6.07) is -0.0510. The van der Waals surface area contributed by atoms with Crippen LogP contribution < -0.4 is 4.74 Å². The smallest absolute Gasteiger partial charge is 0.475 e. The lowest BCUT2D eigenvalue weighted by molar-refractivity contribution is -0.158. The maximum atomic E-state index is 12.5. The van der Waals surface area contributed by atoms with Gasteiger partial charge in [-0.3, -0.25) is 4.79 Å². The van der Waals surface area contributed by atoms with Crippen molar-refractivity contribution in [1.29, 1.82) is 0 Å². The fourth-order valence-electron chi connectivity index (χ4n) is 2.71. The molecule has 1 atom stereocenters. The predicted octanol–water partition coefficient (Wildman–Crippen LogP) is 2.72. The molecule has 1 aliphatic rings. The van der Waals surface area contributed by atoms with E-state index in [1.807, 2.05) is 13.8 Å². The molecule has 1 aliphatic carbocycles. The summed E-state index contributed by atoms with van der Waals surface area (Å²) in [6.45, 7) is 5.28. The van der Waals surface area contributed by atoms with E-state index in [0.717, 1.165) is 6.08 Å². The number of halogens is 3. The van der Waals surface area contributed by atoms with Gasteiger partial charge in [0.1, 0.15) is 24.0 Å². The van der Waals surface area contributed by atoms with Gasteiger partial charge in [-0.1, -0.05) is 5.21 Å². The van der Waals surface area contributed by atoms with Crippen molar-refractivity contribution in [3.8, 4) is 5.88 Å². The molecule has 1 unspecified atom stereocenters. The molecule has 2 rings (SSSR count). The van der Waals surface area contributed by atoms with E-state index >= 15 is 0 Å². The van der Waals surface area contributed by atoms with Crippen LogP contribution in [0.15, 0.2) is 18.0 Å². The van der Waals surface area contributed by atoms with Crippen LogP contribution in [0.1, 0.15) is 46.1 Å². The monoisotopic (exact) mass is 441 g/mol. The number of ether oxygens (including phenoxy) is 2. The second-order valence-corrected chi connectivity index (χ2v) is 8.30. The third-order valence-electron chi connectivity index (χ3n) is 4.31. The number of esters is 1. The second kappa shape index (κ2) is 8.59. The molecule has 0 aromatic carbocycles. The van der Waals surface area contributed by atoms with Crippen molar-refractivity contribution in [3.05, 3.63) is 18.0 Å². The Bertz CT molecular complexity index is 865. The maximum Gasteiger partial charge on any atom is 0.534 e. The quantitative estimate of drug-likeness (QED) is 0.344. The fourth-order valence-corrected chi connectivity index (χ4v) is 3.23. The number of allylic oxidation sites excluding steroid dienone is 2. The molecule has 29 heavy (non-hydrogen) atoms. The Balaban J connectivity index is 2.19.